The van der Waals surface area contributed by atoms with E-state index in [1.165, 1.54) is 11.6 Å². The lowest BCUT2D eigenvalue weighted by molar-refractivity contribution is -0.121. The van der Waals surface area contributed by atoms with Crippen molar-refractivity contribution in [2.45, 2.75) is 24.8 Å². The monoisotopic (exact) mass is 426 g/mol. The summed E-state index contributed by atoms with van der Waals surface area (Å²) >= 11 is 7.60. The second-order valence-corrected chi connectivity index (χ2v) is 9.63. The number of hydrogen-bond acceptors (Lipinski definition) is 4. The van der Waals surface area contributed by atoms with Crippen molar-refractivity contribution < 1.29 is 13.2 Å². The van der Waals surface area contributed by atoms with E-state index in [0.29, 0.717) is 23.0 Å². The molecule has 0 heterocycles. The van der Waals surface area contributed by atoms with Gasteiger partial charge in [0.2, 0.25) is 15.9 Å². The first-order valence-electron chi connectivity index (χ1n) is 8.40. The van der Waals surface area contributed by atoms with Crippen molar-refractivity contribution in [3.05, 3.63) is 59.1 Å². The molecule has 2 aromatic rings. The molecule has 2 rings (SSSR count). The second-order valence-electron chi connectivity index (χ2n) is 6.17. The molecular formula is C19H23ClN2O3S2. The predicted octanol–water partition coefficient (Wildman–Crippen LogP) is 3.71. The van der Waals surface area contributed by atoms with Gasteiger partial charge in [0.1, 0.15) is 6.04 Å². The first-order chi connectivity index (χ1) is 12.7. The maximum atomic E-state index is 12.5. The average Bonchev–Trinajstić information content (AvgIpc) is 2.59. The van der Waals surface area contributed by atoms with Crippen molar-refractivity contribution in [2.75, 3.05) is 22.9 Å². The van der Waals surface area contributed by atoms with Crippen LogP contribution in [0.4, 0.5) is 5.69 Å². The van der Waals surface area contributed by atoms with Gasteiger partial charge in [-0.25, -0.2) is 8.42 Å². The Morgan fingerprint density at radius 1 is 1.22 bits per heavy atom. The Morgan fingerprint density at radius 3 is 2.48 bits per heavy atom. The molecule has 0 aliphatic rings. The third-order valence-electron chi connectivity index (χ3n) is 3.84. The van der Waals surface area contributed by atoms with Crippen molar-refractivity contribution >= 4 is 45.0 Å². The predicted molar refractivity (Wildman–Crippen MR) is 113 cm³/mol. The highest BCUT2D eigenvalue weighted by Gasteiger charge is 2.29. The summed E-state index contributed by atoms with van der Waals surface area (Å²) in [6.07, 6.45) is 1.07. The van der Waals surface area contributed by atoms with E-state index in [1.54, 1.807) is 36.9 Å². The summed E-state index contributed by atoms with van der Waals surface area (Å²) in [7, 11) is -3.65. The summed E-state index contributed by atoms with van der Waals surface area (Å²) in [5.41, 5.74) is 1.56. The Morgan fingerprint density at radius 2 is 1.89 bits per heavy atom. The van der Waals surface area contributed by atoms with Gasteiger partial charge >= 0.3 is 0 Å². The van der Waals surface area contributed by atoms with Crippen LogP contribution in [-0.2, 0) is 14.8 Å². The van der Waals surface area contributed by atoms with Gasteiger partial charge in [-0.2, -0.15) is 0 Å². The smallest absolute Gasteiger partial charge is 0.243 e. The number of rotatable bonds is 8. The molecule has 0 fully saturated rings. The maximum Gasteiger partial charge on any atom is 0.243 e. The number of thioether (sulfide) groups is 1. The van der Waals surface area contributed by atoms with Crippen molar-refractivity contribution in [2.24, 2.45) is 0 Å². The lowest BCUT2D eigenvalue weighted by Crippen LogP contribution is -2.48. The number of aryl methyl sites for hydroxylation is 1. The van der Waals surface area contributed by atoms with E-state index in [4.69, 9.17) is 11.6 Å². The quantitative estimate of drug-likeness (QED) is 0.516. The molecular weight excluding hydrogens is 404 g/mol. The van der Waals surface area contributed by atoms with Crippen LogP contribution >= 0.6 is 23.4 Å². The molecule has 0 unspecified atom stereocenters. The van der Waals surface area contributed by atoms with Gasteiger partial charge < -0.3 is 5.32 Å². The van der Waals surface area contributed by atoms with Crippen LogP contribution in [-0.4, -0.2) is 38.9 Å². The van der Waals surface area contributed by atoms with Gasteiger partial charge in [-0.3, -0.25) is 9.10 Å². The molecule has 8 heteroatoms. The van der Waals surface area contributed by atoms with Crippen LogP contribution in [0.3, 0.4) is 0 Å². The summed E-state index contributed by atoms with van der Waals surface area (Å²) in [6.45, 7) is 4.03. The minimum absolute atomic E-state index is 0.357. The molecule has 0 saturated carbocycles. The zero-order valence-electron chi connectivity index (χ0n) is 15.5. The molecule has 0 radical (unpaired) electrons. The highest BCUT2D eigenvalue weighted by atomic mass is 35.5. The topological polar surface area (TPSA) is 66.5 Å². The first-order valence-corrected chi connectivity index (χ1v) is 11.6. The standard InChI is InChI=1S/C19H23ClN2O3S2/c1-14-7-9-18(10-8-14)26-12-11-21-19(23)15(2)22(27(3,24)25)17-6-4-5-16(20)13-17/h4-10,13,15H,11-12H2,1-3H3,(H,21,23)/t15-/m0/s1. The molecule has 1 N–H and O–H groups in total. The summed E-state index contributed by atoms with van der Waals surface area (Å²) in [5, 5.41) is 3.21. The van der Waals surface area contributed by atoms with Crippen molar-refractivity contribution in [1.82, 2.24) is 5.32 Å². The summed E-state index contributed by atoms with van der Waals surface area (Å²) in [6, 6.07) is 13.7. The molecule has 0 aliphatic heterocycles. The van der Waals surface area contributed by atoms with Gasteiger partial charge in [0.15, 0.2) is 0 Å². The lowest BCUT2D eigenvalue weighted by Gasteiger charge is -2.28. The summed E-state index contributed by atoms with van der Waals surface area (Å²) < 4.78 is 25.5. The zero-order chi connectivity index (χ0) is 20.0. The molecule has 0 aromatic heterocycles. The molecule has 1 amide bonds. The number of halogens is 1. The SMILES string of the molecule is Cc1ccc(SCCNC(=O)[C@H](C)N(c2cccc(Cl)c2)S(C)(=O)=O)cc1. The largest absolute Gasteiger partial charge is 0.353 e. The third-order valence-corrected chi connectivity index (χ3v) is 6.33. The number of sulfonamides is 1. The summed E-state index contributed by atoms with van der Waals surface area (Å²) in [4.78, 5) is 13.6. The molecule has 5 nitrogen and oxygen atoms in total. The van der Waals surface area contributed by atoms with Crippen LogP contribution in [0.25, 0.3) is 0 Å². The Hall–Kier alpha value is -1.70. The molecule has 2 aromatic carbocycles. The van der Waals surface area contributed by atoms with Crippen LogP contribution in [0, 0.1) is 6.92 Å². The fourth-order valence-corrected chi connectivity index (χ4v) is 4.67. The molecule has 0 spiro atoms. The van der Waals surface area contributed by atoms with Gasteiger partial charge in [0, 0.05) is 22.2 Å². The van der Waals surface area contributed by atoms with Crippen molar-refractivity contribution in [3.8, 4) is 0 Å². The molecule has 0 saturated heterocycles. The number of carbonyl (C=O) groups is 1. The maximum absolute atomic E-state index is 12.5. The minimum atomic E-state index is -3.65. The average molecular weight is 427 g/mol. The number of nitrogens with zero attached hydrogens (tertiary/aromatic N) is 1. The lowest BCUT2D eigenvalue weighted by atomic mass is 10.2. The van der Waals surface area contributed by atoms with Gasteiger partial charge in [0.05, 0.1) is 11.9 Å². The zero-order valence-corrected chi connectivity index (χ0v) is 17.9. The van der Waals surface area contributed by atoms with Crippen LogP contribution in [0.5, 0.6) is 0 Å². The Bertz CT molecular complexity index is 886. The summed E-state index contributed by atoms with van der Waals surface area (Å²) in [5.74, 6) is 0.335. The van der Waals surface area contributed by atoms with Crippen molar-refractivity contribution in [1.29, 1.82) is 0 Å². The van der Waals surface area contributed by atoms with E-state index in [2.05, 4.69) is 5.32 Å². The van der Waals surface area contributed by atoms with Crippen LogP contribution in [0.1, 0.15) is 12.5 Å². The molecule has 0 bridgehead atoms. The number of benzene rings is 2. The number of nitrogens with one attached hydrogen (secondary N) is 1. The van der Waals surface area contributed by atoms with Crippen molar-refractivity contribution in [3.63, 3.8) is 0 Å². The molecule has 0 aliphatic carbocycles. The van der Waals surface area contributed by atoms with E-state index >= 15 is 0 Å². The number of anilines is 1. The number of hydrogen-bond donors (Lipinski definition) is 1. The third kappa shape index (κ3) is 6.45. The second kappa shape index (κ2) is 9.48. The highest BCUT2D eigenvalue weighted by molar-refractivity contribution is 7.99. The number of amides is 1. The van der Waals surface area contributed by atoms with Gasteiger partial charge in [0.25, 0.3) is 0 Å². The van der Waals surface area contributed by atoms with E-state index < -0.39 is 16.1 Å². The molecule has 27 heavy (non-hydrogen) atoms. The van der Waals surface area contributed by atoms with E-state index in [9.17, 15) is 13.2 Å². The van der Waals surface area contributed by atoms with Gasteiger partial charge in [-0.1, -0.05) is 35.4 Å². The van der Waals surface area contributed by atoms with Crippen LogP contribution in [0.15, 0.2) is 53.4 Å². The fraction of sp³-hybridized carbons (Fsp3) is 0.316. The van der Waals surface area contributed by atoms with Crippen LogP contribution < -0.4 is 9.62 Å². The van der Waals surface area contributed by atoms with Gasteiger partial charge in [-0.15, -0.1) is 11.8 Å². The van der Waals surface area contributed by atoms with E-state index in [1.807, 2.05) is 31.2 Å². The Labute approximate surface area is 170 Å². The normalized spacial score (nSPS) is 12.4. The van der Waals surface area contributed by atoms with E-state index in [0.717, 1.165) is 15.5 Å². The number of carbonyl (C=O) groups excluding carboxylic acids is 1. The Balaban J connectivity index is 1.97. The molecule has 146 valence electrons. The Kier molecular flexibility index (Phi) is 7.59. The fourth-order valence-electron chi connectivity index (χ4n) is 2.55. The molecule has 1 atom stereocenters. The van der Waals surface area contributed by atoms with Gasteiger partial charge in [-0.05, 0) is 44.2 Å². The van der Waals surface area contributed by atoms with Crippen LogP contribution in [0.2, 0.25) is 5.02 Å². The van der Waals surface area contributed by atoms with E-state index in [-0.39, 0.29) is 5.91 Å². The first kappa shape index (κ1) is 21.6. The highest BCUT2D eigenvalue weighted by Crippen LogP contribution is 2.24. The minimum Gasteiger partial charge on any atom is -0.353 e.